The Kier molecular flexibility index (Phi) is 8.94. The van der Waals surface area contributed by atoms with Crippen molar-refractivity contribution >= 4 is 29.2 Å². The van der Waals surface area contributed by atoms with Crippen LogP contribution < -0.4 is 14.4 Å². The summed E-state index contributed by atoms with van der Waals surface area (Å²) < 4.78 is 23.3. The van der Waals surface area contributed by atoms with Crippen molar-refractivity contribution in [3.05, 3.63) is 94.6 Å². The van der Waals surface area contributed by atoms with Crippen molar-refractivity contribution in [2.45, 2.75) is 51.2 Å². The zero-order valence-corrected chi connectivity index (χ0v) is 25.4. The molecule has 0 saturated carbocycles. The van der Waals surface area contributed by atoms with E-state index in [1.165, 1.54) is 7.11 Å². The van der Waals surface area contributed by atoms with Crippen LogP contribution in [-0.2, 0) is 26.3 Å². The van der Waals surface area contributed by atoms with Crippen molar-refractivity contribution in [3.63, 3.8) is 0 Å². The zero-order chi connectivity index (χ0) is 31.4. The molecular formula is C35H37NO8. The molecule has 3 aromatic carbocycles. The summed E-state index contributed by atoms with van der Waals surface area (Å²) in [4.78, 5) is 39.6. The Balaban J connectivity index is 1.82. The number of hydrogen-bond donors (Lipinski definition) is 1. The van der Waals surface area contributed by atoms with E-state index in [1.807, 2.05) is 23.1 Å². The molecule has 5 rings (SSSR count). The van der Waals surface area contributed by atoms with Crippen LogP contribution in [0.1, 0.15) is 70.5 Å². The van der Waals surface area contributed by atoms with E-state index in [9.17, 15) is 19.5 Å². The molecular weight excluding hydrogens is 562 g/mol. The van der Waals surface area contributed by atoms with Crippen LogP contribution in [0.25, 0.3) is 5.57 Å². The highest BCUT2D eigenvalue weighted by atomic mass is 16.5. The molecule has 0 radical (unpaired) electrons. The molecule has 2 atom stereocenters. The predicted molar refractivity (Wildman–Crippen MR) is 165 cm³/mol. The SMILES string of the molecule is CCCC1N(CC(=O)OCC)c2cc(C(=O)O)ccc2C1(Oc1cccc(C(=O)OC)c1)C1=CCCc2c(OC)cccc21. The van der Waals surface area contributed by atoms with E-state index >= 15 is 0 Å². The number of fused-ring (bicyclic) bond motifs is 2. The zero-order valence-electron chi connectivity index (χ0n) is 25.4. The second-order valence-electron chi connectivity index (χ2n) is 10.8. The molecule has 0 amide bonds. The van der Waals surface area contributed by atoms with Crippen LogP contribution >= 0.6 is 0 Å². The first-order valence-electron chi connectivity index (χ1n) is 14.8. The molecule has 0 saturated heterocycles. The maximum absolute atomic E-state index is 13.1. The molecule has 0 bridgehead atoms. The standard InChI is InChI=1S/C35H37NO8/c1-5-10-31-35(44-24-12-7-11-23(19-24)34(40)42-4,27-15-8-14-26-25(27)13-9-16-30(26)41-3)28-18-17-22(33(38)39)20-29(28)36(31)21-32(37)43-6-2/h7,9,11-13,15-20,31H,5-6,8,10,14,21H2,1-4H3,(H,38,39). The van der Waals surface area contributed by atoms with Crippen molar-refractivity contribution in [3.8, 4) is 11.5 Å². The maximum atomic E-state index is 13.1. The highest BCUT2D eigenvalue weighted by molar-refractivity contribution is 5.93. The average Bonchev–Trinajstić information content (AvgIpc) is 3.28. The summed E-state index contributed by atoms with van der Waals surface area (Å²) in [7, 11) is 2.98. The first-order chi connectivity index (χ1) is 21.3. The van der Waals surface area contributed by atoms with Gasteiger partial charge in [0.25, 0.3) is 0 Å². The van der Waals surface area contributed by atoms with Crippen LogP contribution in [0, 0.1) is 0 Å². The predicted octanol–water partition coefficient (Wildman–Crippen LogP) is 6.04. The van der Waals surface area contributed by atoms with Gasteiger partial charge in [0.1, 0.15) is 18.0 Å². The highest BCUT2D eigenvalue weighted by Crippen LogP contribution is 2.56. The first kappa shape index (κ1) is 30.7. The Bertz CT molecular complexity index is 1610. The smallest absolute Gasteiger partial charge is 0.337 e. The van der Waals surface area contributed by atoms with Crippen molar-refractivity contribution < 1.29 is 38.4 Å². The Morgan fingerprint density at radius 2 is 1.80 bits per heavy atom. The molecule has 0 spiro atoms. The fourth-order valence-corrected chi connectivity index (χ4v) is 6.54. The van der Waals surface area contributed by atoms with Gasteiger partial charge >= 0.3 is 17.9 Å². The second kappa shape index (κ2) is 12.8. The lowest BCUT2D eigenvalue weighted by molar-refractivity contribution is -0.141. The van der Waals surface area contributed by atoms with Gasteiger partial charge in [-0.2, -0.15) is 0 Å². The molecule has 0 aromatic heterocycles. The molecule has 1 aliphatic carbocycles. The second-order valence-corrected chi connectivity index (χ2v) is 10.8. The van der Waals surface area contributed by atoms with Crippen LogP contribution in [0.4, 0.5) is 5.69 Å². The molecule has 1 N–H and O–H groups in total. The van der Waals surface area contributed by atoms with Crippen molar-refractivity contribution in [1.29, 1.82) is 0 Å². The van der Waals surface area contributed by atoms with Gasteiger partial charge < -0.3 is 29.0 Å². The molecule has 0 fully saturated rings. The van der Waals surface area contributed by atoms with Crippen LogP contribution in [-0.4, -0.2) is 56.4 Å². The molecule has 1 heterocycles. The van der Waals surface area contributed by atoms with E-state index in [1.54, 1.807) is 56.5 Å². The maximum Gasteiger partial charge on any atom is 0.337 e. The fraction of sp³-hybridized carbons (Fsp3) is 0.343. The van der Waals surface area contributed by atoms with E-state index in [0.717, 1.165) is 47.3 Å². The minimum Gasteiger partial charge on any atom is -0.496 e. The van der Waals surface area contributed by atoms with Gasteiger partial charge in [-0.15, -0.1) is 0 Å². The van der Waals surface area contributed by atoms with E-state index < -0.39 is 29.6 Å². The van der Waals surface area contributed by atoms with Crippen LogP contribution in [0.2, 0.25) is 0 Å². The fourth-order valence-electron chi connectivity index (χ4n) is 6.54. The topological polar surface area (TPSA) is 112 Å². The van der Waals surface area contributed by atoms with Crippen molar-refractivity contribution in [2.24, 2.45) is 0 Å². The third kappa shape index (κ3) is 5.38. The van der Waals surface area contributed by atoms with E-state index in [4.69, 9.17) is 18.9 Å². The minimum absolute atomic E-state index is 0.0936. The van der Waals surface area contributed by atoms with Gasteiger partial charge in [0.2, 0.25) is 0 Å². The van der Waals surface area contributed by atoms with Gasteiger partial charge in [0, 0.05) is 22.4 Å². The van der Waals surface area contributed by atoms with Gasteiger partial charge in [0.15, 0.2) is 5.60 Å². The summed E-state index contributed by atoms with van der Waals surface area (Å²) in [5.41, 5.74) is 3.40. The van der Waals surface area contributed by atoms with Crippen LogP contribution in [0.3, 0.4) is 0 Å². The van der Waals surface area contributed by atoms with Crippen molar-refractivity contribution in [2.75, 3.05) is 32.3 Å². The molecule has 9 nitrogen and oxygen atoms in total. The van der Waals surface area contributed by atoms with Gasteiger partial charge in [-0.05, 0) is 68.1 Å². The van der Waals surface area contributed by atoms with Crippen LogP contribution in [0.15, 0.2) is 66.7 Å². The number of methoxy groups -OCH3 is 2. The monoisotopic (exact) mass is 599 g/mol. The lowest BCUT2D eigenvalue weighted by atomic mass is 9.73. The lowest BCUT2D eigenvalue weighted by Gasteiger charge is -2.42. The molecule has 230 valence electrons. The number of benzene rings is 3. The number of carboxylic acid groups (broad SMARTS) is 1. The number of carbonyl (C=O) groups excluding carboxylic acids is 2. The molecule has 9 heteroatoms. The van der Waals surface area contributed by atoms with Gasteiger partial charge in [-0.3, -0.25) is 4.79 Å². The summed E-state index contributed by atoms with van der Waals surface area (Å²) in [6.07, 6.45) is 5.00. The highest BCUT2D eigenvalue weighted by Gasteiger charge is 2.56. The summed E-state index contributed by atoms with van der Waals surface area (Å²) in [5, 5.41) is 9.94. The van der Waals surface area contributed by atoms with Crippen LogP contribution in [0.5, 0.6) is 11.5 Å². The summed E-state index contributed by atoms with van der Waals surface area (Å²) >= 11 is 0. The minimum atomic E-state index is -1.20. The summed E-state index contributed by atoms with van der Waals surface area (Å²) in [5.74, 6) is -0.805. The number of hydrogen-bond acceptors (Lipinski definition) is 8. The number of esters is 2. The van der Waals surface area contributed by atoms with E-state index in [2.05, 4.69) is 13.0 Å². The summed E-state index contributed by atoms with van der Waals surface area (Å²) in [6.45, 7) is 3.93. The van der Waals surface area contributed by atoms with Crippen molar-refractivity contribution in [1.82, 2.24) is 0 Å². The molecule has 2 unspecified atom stereocenters. The third-order valence-corrected chi connectivity index (χ3v) is 8.29. The third-order valence-electron chi connectivity index (χ3n) is 8.29. The number of nitrogens with zero attached hydrogens (tertiary/aromatic N) is 1. The number of anilines is 1. The number of aromatic carboxylic acids is 1. The van der Waals surface area contributed by atoms with Gasteiger partial charge in [-0.25, -0.2) is 9.59 Å². The Morgan fingerprint density at radius 1 is 1.00 bits per heavy atom. The largest absolute Gasteiger partial charge is 0.496 e. The first-order valence-corrected chi connectivity index (χ1v) is 14.8. The number of carboxylic acids is 1. The Labute approximate surface area is 257 Å². The lowest BCUT2D eigenvalue weighted by Crippen LogP contribution is -2.51. The van der Waals surface area contributed by atoms with E-state index in [0.29, 0.717) is 23.4 Å². The number of ether oxygens (including phenoxy) is 4. The summed E-state index contributed by atoms with van der Waals surface area (Å²) in [6, 6.07) is 17.2. The van der Waals surface area contributed by atoms with Gasteiger partial charge in [0.05, 0.1) is 38.0 Å². The van der Waals surface area contributed by atoms with E-state index in [-0.39, 0.29) is 18.7 Å². The molecule has 44 heavy (non-hydrogen) atoms. The molecule has 2 aliphatic rings. The van der Waals surface area contributed by atoms with Gasteiger partial charge in [-0.1, -0.05) is 43.7 Å². The Hall–Kier alpha value is -4.79. The Morgan fingerprint density at radius 3 is 2.50 bits per heavy atom. The normalized spacial score (nSPS) is 18.5. The molecule has 1 aliphatic heterocycles. The number of rotatable bonds is 11. The quantitative estimate of drug-likeness (QED) is 0.264. The number of allylic oxidation sites excluding steroid dienone is 1. The molecule has 3 aromatic rings. The average molecular weight is 600 g/mol. The number of carbonyl (C=O) groups is 3.